The Morgan fingerprint density at radius 1 is 1.07 bits per heavy atom. The Bertz CT molecular complexity index is 1160. The average Bonchev–Trinajstić information content (AvgIpc) is 3.07. The number of para-hydroxylation sites is 1. The number of nitrogens with zero attached hydrogens (tertiary/aromatic N) is 1. The maximum absolute atomic E-state index is 13.9. The molecule has 1 fully saturated rings. The predicted molar refractivity (Wildman–Crippen MR) is 108 cm³/mol. The molecule has 0 atom stereocenters. The van der Waals surface area contributed by atoms with Crippen LogP contribution in [0.25, 0.3) is 11.0 Å². The molecule has 1 saturated heterocycles. The van der Waals surface area contributed by atoms with Crippen LogP contribution in [0.5, 0.6) is 0 Å². The summed E-state index contributed by atoms with van der Waals surface area (Å²) in [5.41, 5.74) is 1.01. The maximum atomic E-state index is 13.9. The zero-order valence-electron chi connectivity index (χ0n) is 15.9. The molecule has 1 aromatic heterocycles. The molecule has 1 aliphatic heterocycles. The van der Waals surface area contributed by atoms with Crippen LogP contribution in [0.3, 0.4) is 0 Å². The lowest BCUT2D eigenvalue weighted by atomic mass is 10.1. The van der Waals surface area contributed by atoms with E-state index >= 15 is 0 Å². The van der Waals surface area contributed by atoms with Crippen LogP contribution < -0.4 is 5.32 Å². The molecule has 152 valence electrons. The fourth-order valence-electron chi connectivity index (χ4n) is 3.58. The maximum Gasteiger partial charge on any atom is 0.291 e. The largest absolute Gasteiger partial charge is 0.448 e. The third-order valence-corrected chi connectivity index (χ3v) is 7.10. The molecule has 29 heavy (non-hydrogen) atoms. The van der Waals surface area contributed by atoms with Crippen molar-refractivity contribution in [3.63, 3.8) is 0 Å². The van der Waals surface area contributed by atoms with E-state index < -0.39 is 21.7 Å². The summed E-state index contributed by atoms with van der Waals surface area (Å²) in [6.45, 7) is 2.75. The molecule has 0 unspecified atom stereocenters. The number of carbonyl (C=O) groups is 1. The molecule has 8 heteroatoms. The van der Waals surface area contributed by atoms with Crippen LogP contribution >= 0.6 is 0 Å². The van der Waals surface area contributed by atoms with Crippen LogP contribution in [0.1, 0.15) is 35.4 Å². The Kier molecular flexibility index (Phi) is 5.14. The highest BCUT2D eigenvalue weighted by Crippen LogP contribution is 2.28. The molecular formula is C21H21FN2O4S. The average molecular weight is 416 g/mol. The van der Waals surface area contributed by atoms with E-state index in [-0.39, 0.29) is 16.2 Å². The van der Waals surface area contributed by atoms with Gasteiger partial charge in [0.25, 0.3) is 5.91 Å². The van der Waals surface area contributed by atoms with Crippen molar-refractivity contribution >= 4 is 32.6 Å². The second-order valence-corrected chi connectivity index (χ2v) is 9.05. The van der Waals surface area contributed by atoms with E-state index in [4.69, 9.17) is 4.42 Å². The molecule has 0 spiro atoms. The van der Waals surface area contributed by atoms with E-state index in [1.807, 2.05) is 0 Å². The Balaban J connectivity index is 1.54. The summed E-state index contributed by atoms with van der Waals surface area (Å²) in [6, 6.07) is 10.5. The molecule has 3 aromatic rings. The summed E-state index contributed by atoms with van der Waals surface area (Å²) in [4.78, 5) is 12.8. The molecule has 0 radical (unpaired) electrons. The van der Waals surface area contributed by atoms with Crippen molar-refractivity contribution in [3.8, 4) is 0 Å². The lowest BCUT2D eigenvalue weighted by Gasteiger charge is -2.25. The number of aryl methyl sites for hydroxylation is 1. The number of sulfonamides is 1. The number of fused-ring (bicyclic) bond motifs is 1. The number of furan rings is 1. The minimum atomic E-state index is -3.53. The first-order valence-corrected chi connectivity index (χ1v) is 10.9. The van der Waals surface area contributed by atoms with Crippen molar-refractivity contribution in [2.75, 3.05) is 18.4 Å². The van der Waals surface area contributed by atoms with E-state index in [9.17, 15) is 17.6 Å². The zero-order valence-corrected chi connectivity index (χ0v) is 16.8. The number of carbonyl (C=O) groups excluding carboxylic acids is 1. The van der Waals surface area contributed by atoms with Gasteiger partial charge in [0.1, 0.15) is 0 Å². The normalized spacial score (nSPS) is 15.5. The number of amides is 1. The van der Waals surface area contributed by atoms with E-state index in [2.05, 4.69) is 5.32 Å². The smallest absolute Gasteiger partial charge is 0.291 e. The number of piperidine rings is 1. The van der Waals surface area contributed by atoms with Gasteiger partial charge in [-0.05, 0) is 50.1 Å². The monoisotopic (exact) mass is 416 g/mol. The van der Waals surface area contributed by atoms with Gasteiger partial charge in [-0.2, -0.15) is 4.31 Å². The van der Waals surface area contributed by atoms with Gasteiger partial charge in [0.05, 0.1) is 4.90 Å². The molecule has 2 heterocycles. The summed E-state index contributed by atoms with van der Waals surface area (Å²) in [5.74, 6) is -1.03. The van der Waals surface area contributed by atoms with Gasteiger partial charge in [-0.15, -0.1) is 0 Å². The second kappa shape index (κ2) is 7.61. The van der Waals surface area contributed by atoms with E-state index in [1.54, 1.807) is 19.1 Å². The lowest BCUT2D eigenvalue weighted by Crippen LogP contribution is -2.35. The Morgan fingerprint density at radius 3 is 2.41 bits per heavy atom. The van der Waals surface area contributed by atoms with Gasteiger partial charge in [0, 0.05) is 29.7 Å². The van der Waals surface area contributed by atoms with E-state index in [1.165, 1.54) is 34.6 Å². The van der Waals surface area contributed by atoms with Gasteiger partial charge < -0.3 is 9.73 Å². The van der Waals surface area contributed by atoms with Crippen LogP contribution in [-0.2, 0) is 10.0 Å². The van der Waals surface area contributed by atoms with Crippen LogP contribution in [0.4, 0.5) is 10.1 Å². The van der Waals surface area contributed by atoms with Crippen molar-refractivity contribution in [2.45, 2.75) is 31.1 Å². The van der Waals surface area contributed by atoms with Gasteiger partial charge in [-0.1, -0.05) is 18.6 Å². The lowest BCUT2D eigenvalue weighted by molar-refractivity contribution is 0.0997. The number of benzene rings is 2. The summed E-state index contributed by atoms with van der Waals surface area (Å²) >= 11 is 0. The molecule has 0 bridgehead atoms. The van der Waals surface area contributed by atoms with Gasteiger partial charge in [-0.3, -0.25) is 4.79 Å². The van der Waals surface area contributed by atoms with Crippen molar-refractivity contribution in [3.05, 3.63) is 59.6 Å². The molecule has 4 rings (SSSR count). The standard InChI is InChI=1S/C21H21FN2O4S/c1-14-17-6-5-7-18(22)20(17)28-19(14)21(25)23-15-8-10-16(11-9-15)29(26,27)24-12-3-2-4-13-24/h5-11H,2-4,12-13H2,1H3,(H,23,25). The molecule has 1 aliphatic rings. The molecule has 6 nitrogen and oxygen atoms in total. The number of hydrogen-bond donors (Lipinski definition) is 1. The molecule has 0 aliphatic carbocycles. The topological polar surface area (TPSA) is 79.6 Å². The van der Waals surface area contributed by atoms with Crippen molar-refractivity contribution < 1.29 is 22.0 Å². The van der Waals surface area contributed by atoms with Crippen LogP contribution in [-0.4, -0.2) is 31.7 Å². The highest BCUT2D eigenvalue weighted by atomic mass is 32.2. The number of halogens is 1. The Morgan fingerprint density at radius 2 is 1.76 bits per heavy atom. The number of anilines is 1. The number of hydrogen-bond acceptors (Lipinski definition) is 4. The zero-order chi connectivity index (χ0) is 20.6. The SMILES string of the molecule is Cc1c(C(=O)Nc2ccc(S(=O)(=O)N3CCCCC3)cc2)oc2c(F)cccc12. The predicted octanol–water partition coefficient (Wildman–Crippen LogP) is 4.31. The fourth-order valence-corrected chi connectivity index (χ4v) is 5.09. The fraction of sp³-hybridized carbons (Fsp3) is 0.286. The molecule has 2 aromatic carbocycles. The summed E-state index contributed by atoms with van der Waals surface area (Å²) in [7, 11) is -3.53. The molecular weight excluding hydrogens is 395 g/mol. The van der Waals surface area contributed by atoms with E-state index in [0.717, 1.165) is 19.3 Å². The molecule has 1 amide bonds. The van der Waals surface area contributed by atoms with Crippen LogP contribution in [0.15, 0.2) is 51.8 Å². The van der Waals surface area contributed by atoms with Gasteiger partial charge in [-0.25, -0.2) is 12.8 Å². The third-order valence-electron chi connectivity index (χ3n) is 5.19. The summed E-state index contributed by atoms with van der Waals surface area (Å²) < 4.78 is 46.2. The highest BCUT2D eigenvalue weighted by Gasteiger charge is 2.26. The van der Waals surface area contributed by atoms with Crippen molar-refractivity contribution in [2.24, 2.45) is 0 Å². The minimum Gasteiger partial charge on any atom is -0.448 e. The summed E-state index contributed by atoms with van der Waals surface area (Å²) in [6.07, 6.45) is 2.78. The van der Waals surface area contributed by atoms with Crippen LogP contribution in [0, 0.1) is 12.7 Å². The first-order chi connectivity index (χ1) is 13.9. The van der Waals surface area contributed by atoms with Crippen LogP contribution in [0.2, 0.25) is 0 Å². The van der Waals surface area contributed by atoms with Crippen molar-refractivity contribution in [1.29, 1.82) is 0 Å². The first-order valence-electron chi connectivity index (χ1n) is 9.47. The Hall–Kier alpha value is -2.71. The van der Waals surface area contributed by atoms with Gasteiger partial charge in [0.2, 0.25) is 10.0 Å². The van der Waals surface area contributed by atoms with Gasteiger partial charge in [0.15, 0.2) is 17.2 Å². The Labute approximate surface area is 168 Å². The molecule has 1 N–H and O–H groups in total. The third kappa shape index (κ3) is 3.65. The highest BCUT2D eigenvalue weighted by molar-refractivity contribution is 7.89. The number of rotatable bonds is 4. The first kappa shape index (κ1) is 19.6. The van der Waals surface area contributed by atoms with E-state index in [0.29, 0.717) is 29.7 Å². The number of nitrogens with one attached hydrogen (secondary N) is 1. The second-order valence-electron chi connectivity index (χ2n) is 7.12. The van der Waals surface area contributed by atoms with Gasteiger partial charge >= 0.3 is 0 Å². The quantitative estimate of drug-likeness (QED) is 0.687. The summed E-state index contributed by atoms with van der Waals surface area (Å²) in [5, 5.41) is 3.21. The molecule has 0 saturated carbocycles. The minimum absolute atomic E-state index is 0.0233. The van der Waals surface area contributed by atoms with Crippen molar-refractivity contribution in [1.82, 2.24) is 4.31 Å².